The van der Waals surface area contributed by atoms with Gasteiger partial charge in [0.1, 0.15) is 5.75 Å². The molecule has 0 amide bonds. The molecule has 0 aliphatic heterocycles. The Morgan fingerprint density at radius 1 is 1.25 bits per heavy atom. The number of fused-ring (bicyclic) bond motifs is 1. The van der Waals surface area contributed by atoms with Crippen molar-refractivity contribution in [2.75, 3.05) is 7.11 Å². The molecule has 0 saturated carbocycles. The van der Waals surface area contributed by atoms with Gasteiger partial charge in [-0.25, -0.2) is 0 Å². The van der Waals surface area contributed by atoms with Gasteiger partial charge in [0.2, 0.25) is 0 Å². The zero-order valence-corrected chi connectivity index (χ0v) is 14.6. The lowest BCUT2D eigenvalue weighted by Gasteiger charge is -2.08. The maximum absolute atomic E-state index is 5.28. The molecule has 0 atom stereocenters. The molecule has 0 fully saturated rings. The van der Waals surface area contributed by atoms with Crippen LogP contribution in [-0.2, 0) is 6.54 Å². The lowest BCUT2D eigenvalue weighted by atomic mass is 10.2. The highest BCUT2D eigenvalue weighted by Gasteiger charge is 2.07. The summed E-state index contributed by atoms with van der Waals surface area (Å²) < 4.78 is 9.57. The van der Waals surface area contributed by atoms with Crippen molar-refractivity contribution in [2.45, 2.75) is 6.54 Å². The number of halogens is 2. The lowest BCUT2D eigenvalue weighted by molar-refractivity contribution is 0.414. The molecule has 0 bridgehead atoms. The van der Waals surface area contributed by atoms with Gasteiger partial charge in [0.25, 0.3) is 0 Å². The summed E-state index contributed by atoms with van der Waals surface area (Å²) in [6, 6.07) is 12.3. The van der Waals surface area contributed by atoms with Crippen LogP contribution in [0, 0.1) is 3.57 Å². The van der Waals surface area contributed by atoms with Crippen LogP contribution in [0.5, 0.6) is 5.75 Å². The van der Waals surface area contributed by atoms with Crippen molar-refractivity contribution in [3.05, 3.63) is 56.2 Å². The average Bonchev–Trinajstić information content (AvgIpc) is 2.84. The SMILES string of the molecule is COc1ccc(Br)c(Cn2ncc3ccc(I)cc32)c1. The molecule has 0 radical (unpaired) electrons. The monoisotopic (exact) mass is 442 g/mol. The van der Waals surface area contributed by atoms with Gasteiger partial charge >= 0.3 is 0 Å². The normalized spacial score (nSPS) is 10.9. The van der Waals surface area contributed by atoms with E-state index in [2.05, 4.69) is 61.8 Å². The van der Waals surface area contributed by atoms with Crippen LogP contribution in [0.4, 0.5) is 0 Å². The summed E-state index contributed by atoms with van der Waals surface area (Å²) in [6.07, 6.45) is 1.90. The maximum atomic E-state index is 5.28. The van der Waals surface area contributed by atoms with Crippen molar-refractivity contribution in [3.63, 3.8) is 0 Å². The second-order valence-corrected chi connectivity index (χ2v) is 6.56. The minimum absolute atomic E-state index is 0.710. The van der Waals surface area contributed by atoms with E-state index in [1.165, 1.54) is 3.57 Å². The molecule has 3 nitrogen and oxygen atoms in total. The van der Waals surface area contributed by atoms with E-state index >= 15 is 0 Å². The molecule has 1 heterocycles. The predicted octanol–water partition coefficient (Wildman–Crippen LogP) is 4.46. The Balaban J connectivity index is 2.03. The molecule has 102 valence electrons. The van der Waals surface area contributed by atoms with Gasteiger partial charge in [-0.1, -0.05) is 22.0 Å². The summed E-state index contributed by atoms with van der Waals surface area (Å²) in [7, 11) is 1.68. The standard InChI is InChI=1S/C15H12BrIN2O/c1-20-13-4-5-14(16)11(6-13)9-19-15-7-12(17)3-2-10(15)8-18-19/h2-8H,9H2,1H3. The van der Waals surface area contributed by atoms with Gasteiger partial charge in [-0.2, -0.15) is 5.10 Å². The Kier molecular flexibility index (Phi) is 3.98. The molecule has 0 spiro atoms. The number of benzene rings is 2. The number of aromatic nitrogens is 2. The fourth-order valence-electron chi connectivity index (χ4n) is 2.13. The number of rotatable bonds is 3. The highest BCUT2D eigenvalue weighted by atomic mass is 127. The zero-order valence-electron chi connectivity index (χ0n) is 10.8. The summed E-state index contributed by atoms with van der Waals surface area (Å²) in [6.45, 7) is 0.710. The lowest BCUT2D eigenvalue weighted by Crippen LogP contribution is -2.02. The Morgan fingerprint density at radius 2 is 2.10 bits per heavy atom. The van der Waals surface area contributed by atoms with Gasteiger partial charge in [0, 0.05) is 13.4 Å². The molecule has 0 unspecified atom stereocenters. The van der Waals surface area contributed by atoms with E-state index in [9.17, 15) is 0 Å². The minimum atomic E-state index is 0.710. The second kappa shape index (κ2) is 5.73. The topological polar surface area (TPSA) is 27.1 Å². The van der Waals surface area contributed by atoms with E-state index in [1.54, 1.807) is 7.11 Å². The summed E-state index contributed by atoms with van der Waals surface area (Å²) in [5.74, 6) is 0.856. The number of hydrogen-bond acceptors (Lipinski definition) is 2. The molecule has 2 aromatic carbocycles. The summed E-state index contributed by atoms with van der Waals surface area (Å²) in [4.78, 5) is 0. The smallest absolute Gasteiger partial charge is 0.119 e. The van der Waals surface area contributed by atoms with Crippen molar-refractivity contribution >= 4 is 49.4 Å². The van der Waals surface area contributed by atoms with Gasteiger partial charge in [-0.05, 0) is 58.5 Å². The summed E-state index contributed by atoms with van der Waals surface area (Å²) in [5, 5.41) is 5.64. The van der Waals surface area contributed by atoms with Gasteiger partial charge in [-0.3, -0.25) is 4.68 Å². The van der Waals surface area contributed by atoms with Crippen molar-refractivity contribution < 1.29 is 4.74 Å². The molecule has 3 aromatic rings. The van der Waals surface area contributed by atoms with E-state index in [1.807, 2.05) is 29.1 Å². The first-order valence-corrected chi connectivity index (χ1v) is 7.98. The van der Waals surface area contributed by atoms with Crippen LogP contribution >= 0.6 is 38.5 Å². The van der Waals surface area contributed by atoms with E-state index < -0.39 is 0 Å². The molecular weight excluding hydrogens is 431 g/mol. The first kappa shape index (κ1) is 13.9. The Bertz CT molecular complexity index is 770. The highest BCUT2D eigenvalue weighted by Crippen LogP contribution is 2.25. The van der Waals surface area contributed by atoms with Crippen molar-refractivity contribution in [1.29, 1.82) is 0 Å². The predicted molar refractivity (Wildman–Crippen MR) is 92.2 cm³/mol. The molecule has 20 heavy (non-hydrogen) atoms. The molecule has 0 aliphatic carbocycles. The Morgan fingerprint density at radius 3 is 2.90 bits per heavy atom. The first-order valence-electron chi connectivity index (χ1n) is 6.11. The van der Waals surface area contributed by atoms with Crippen molar-refractivity contribution in [3.8, 4) is 5.75 Å². The summed E-state index contributed by atoms with van der Waals surface area (Å²) in [5.41, 5.74) is 2.29. The van der Waals surface area contributed by atoms with Crippen molar-refractivity contribution in [1.82, 2.24) is 9.78 Å². The molecule has 0 aliphatic rings. The third-order valence-electron chi connectivity index (χ3n) is 3.18. The quantitative estimate of drug-likeness (QED) is 0.560. The van der Waals surface area contributed by atoms with Crippen LogP contribution < -0.4 is 4.74 Å². The largest absolute Gasteiger partial charge is 0.497 e. The van der Waals surface area contributed by atoms with Crippen LogP contribution in [-0.4, -0.2) is 16.9 Å². The van der Waals surface area contributed by atoms with E-state index in [4.69, 9.17) is 4.74 Å². The van der Waals surface area contributed by atoms with E-state index in [-0.39, 0.29) is 0 Å². The fourth-order valence-corrected chi connectivity index (χ4v) is 2.98. The summed E-state index contributed by atoms with van der Waals surface area (Å²) >= 11 is 5.91. The van der Waals surface area contributed by atoms with E-state index in [0.717, 1.165) is 26.7 Å². The highest BCUT2D eigenvalue weighted by molar-refractivity contribution is 14.1. The first-order chi connectivity index (χ1) is 9.67. The fraction of sp³-hybridized carbons (Fsp3) is 0.133. The van der Waals surface area contributed by atoms with E-state index in [0.29, 0.717) is 6.54 Å². The molecule has 3 rings (SSSR count). The van der Waals surface area contributed by atoms with Crippen LogP contribution in [0.25, 0.3) is 10.9 Å². The van der Waals surface area contributed by atoms with Gasteiger partial charge in [-0.15, -0.1) is 0 Å². The zero-order chi connectivity index (χ0) is 14.1. The molecule has 1 aromatic heterocycles. The maximum Gasteiger partial charge on any atom is 0.119 e. The van der Waals surface area contributed by atoms with Crippen LogP contribution in [0.15, 0.2) is 47.1 Å². The molecule has 0 N–H and O–H groups in total. The molecular formula is C15H12BrIN2O. The van der Waals surface area contributed by atoms with Crippen molar-refractivity contribution in [2.24, 2.45) is 0 Å². The van der Waals surface area contributed by atoms with Gasteiger partial charge < -0.3 is 4.74 Å². The van der Waals surface area contributed by atoms with Crippen LogP contribution in [0.2, 0.25) is 0 Å². The Labute approximate surface area is 139 Å². The Hall–Kier alpha value is -1.08. The van der Waals surface area contributed by atoms with Crippen LogP contribution in [0.3, 0.4) is 0 Å². The molecule has 0 saturated heterocycles. The van der Waals surface area contributed by atoms with Crippen LogP contribution in [0.1, 0.15) is 5.56 Å². The minimum Gasteiger partial charge on any atom is -0.497 e. The number of hydrogen-bond donors (Lipinski definition) is 0. The average molecular weight is 443 g/mol. The van der Waals surface area contributed by atoms with Gasteiger partial charge in [0.15, 0.2) is 0 Å². The third kappa shape index (κ3) is 2.69. The third-order valence-corrected chi connectivity index (χ3v) is 4.62. The number of ether oxygens (including phenoxy) is 1. The number of methoxy groups -OCH3 is 1. The molecule has 5 heteroatoms. The van der Waals surface area contributed by atoms with Gasteiger partial charge in [0.05, 0.1) is 25.4 Å². The number of nitrogens with zero attached hydrogens (tertiary/aromatic N) is 2. The second-order valence-electron chi connectivity index (χ2n) is 4.46.